The van der Waals surface area contributed by atoms with Crippen LogP contribution in [0.4, 0.5) is 0 Å². The first-order valence-electron chi connectivity index (χ1n) is 8.38. The molecule has 128 valence electrons. The van der Waals surface area contributed by atoms with Crippen molar-refractivity contribution < 1.29 is 9.84 Å². The Labute approximate surface area is 137 Å². The molecule has 0 aromatic heterocycles. The Morgan fingerprint density at radius 1 is 0.955 bits per heavy atom. The number of ether oxygens (including phenoxy) is 1. The summed E-state index contributed by atoms with van der Waals surface area (Å²) in [6, 6.07) is 10.2. The maximum atomic E-state index is 10.1. The second kappa shape index (κ2) is 8.12. The fraction of sp³-hybridized carbons (Fsp3) is 0.700. The van der Waals surface area contributed by atoms with Crippen molar-refractivity contribution in [3.63, 3.8) is 0 Å². The minimum absolute atomic E-state index is 0.178. The second-order valence-corrected chi connectivity index (χ2v) is 7.31. The molecule has 1 N–H and O–H groups in total. The Hall–Kier alpha value is -0.860. The van der Waals surface area contributed by atoms with Crippen molar-refractivity contribution in [1.29, 1.82) is 0 Å². The lowest BCUT2D eigenvalue weighted by Gasteiger charge is -2.53. The highest BCUT2D eigenvalue weighted by Gasteiger charge is 2.50. The second-order valence-electron chi connectivity index (χ2n) is 7.31. The normalized spacial score (nSPS) is 14.1. The minimum Gasteiger partial charge on any atom is -0.393 e. The van der Waals surface area contributed by atoms with Crippen LogP contribution in [0.3, 0.4) is 0 Å². The first kappa shape index (κ1) is 21.1. The topological polar surface area (TPSA) is 29.5 Å². The summed E-state index contributed by atoms with van der Waals surface area (Å²) in [5.41, 5.74) is 0.408. The summed E-state index contributed by atoms with van der Waals surface area (Å²) in [5.74, 6) is 0. The molecule has 0 saturated heterocycles. The summed E-state index contributed by atoms with van der Waals surface area (Å²) in [6.07, 6.45) is -0.392. The third-order valence-corrected chi connectivity index (χ3v) is 5.60. The van der Waals surface area contributed by atoms with E-state index >= 15 is 0 Å². The number of benzene rings is 1. The SMILES string of the molecule is CC.CC(O)C(C)(C)C(C)(C)C(C)(C)OCc1ccccc1. The Kier molecular flexibility index (Phi) is 7.80. The van der Waals surface area contributed by atoms with Crippen molar-refractivity contribution in [3.05, 3.63) is 35.9 Å². The van der Waals surface area contributed by atoms with Gasteiger partial charge in [0, 0.05) is 5.41 Å². The van der Waals surface area contributed by atoms with Gasteiger partial charge in [0.25, 0.3) is 0 Å². The predicted octanol–water partition coefficient (Wildman–Crippen LogP) is 5.44. The molecule has 0 bridgehead atoms. The smallest absolute Gasteiger partial charge is 0.0724 e. The lowest BCUT2D eigenvalue weighted by Crippen LogP contribution is -2.54. The molecule has 0 aliphatic rings. The van der Waals surface area contributed by atoms with Crippen molar-refractivity contribution in [2.75, 3.05) is 0 Å². The van der Waals surface area contributed by atoms with Crippen molar-refractivity contribution in [1.82, 2.24) is 0 Å². The molecule has 1 rings (SSSR count). The third kappa shape index (κ3) is 4.57. The van der Waals surface area contributed by atoms with Crippen LogP contribution in [0.15, 0.2) is 30.3 Å². The number of hydrogen-bond acceptors (Lipinski definition) is 2. The zero-order chi connectivity index (χ0) is 17.6. The maximum Gasteiger partial charge on any atom is 0.0724 e. The van der Waals surface area contributed by atoms with Gasteiger partial charge in [-0.1, -0.05) is 71.9 Å². The maximum absolute atomic E-state index is 10.1. The van der Waals surface area contributed by atoms with Gasteiger partial charge >= 0.3 is 0 Å². The van der Waals surface area contributed by atoms with Gasteiger partial charge in [-0.3, -0.25) is 0 Å². The molecular weight excluding hydrogens is 272 g/mol. The van der Waals surface area contributed by atoms with Crippen LogP contribution in [0.2, 0.25) is 0 Å². The third-order valence-electron chi connectivity index (χ3n) is 5.60. The summed E-state index contributed by atoms with van der Waals surface area (Å²) in [4.78, 5) is 0. The van der Waals surface area contributed by atoms with E-state index in [0.717, 1.165) is 0 Å². The summed E-state index contributed by atoms with van der Waals surface area (Å²) >= 11 is 0. The molecule has 22 heavy (non-hydrogen) atoms. The standard InChI is InChI=1S/C18H30O2.C2H6/c1-14(19)16(2,3)17(4,5)18(6,7)20-13-15-11-9-8-10-12-15;1-2/h8-12,14,19H,13H2,1-7H3;1-2H3. The van der Waals surface area contributed by atoms with E-state index in [0.29, 0.717) is 6.61 Å². The van der Waals surface area contributed by atoms with Crippen LogP contribution in [-0.2, 0) is 11.3 Å². The summed E-state index contributed by atoms with van der Waals surface area (Å²) < 4.78 is 6.21. The predicted molar refractivity (Wildman–Crippen MR) is 95.9 cm³/mol. The number of rotatable bonds is 6. The molecule has 0 heterocycles. The molecule has 0 aliphatic heterocycles. The number of aliphatic hydroxyl groups excluding tert-OH is 1. The van der Waals surface area contributed by atoms with Crippen LogP contribution in [0.5, 0.6) is 0 Å². The Bertz CT molecular complexity index is 417. The highest BCUT2D eigenvalue weighted by Crippen LogP contribution is 2.50. The molecule has 0 amide bonds. The molecule has 0 aliphatic carbocycles. The fourth-order valence-electron chi connectivity index (χ4n) is 2.32. The molecule has 0 radical (unpaired) electrons. The molecule has 1 aromatic rings. The Balaban J connectivity index is 0.00000211. The van der Waals surface area contributed by atoms with Gasteiger partial charge in [0.05, 0.1) is 18.3 Å². The first-order valence-corrected chi connectivity index (χ1v) is 8.38. The van der Waals surface area contributed by atoms with E-state index < -0.39 is 6.10 Å². The largest absolute Gasteiger partial charge is 0.393 e. The average Bonchev–Trinajstić information content (AvgIpc) is 2.48. The average molecular weight is 309 g/mol. The van der Waals surface area contributed by atoms with Gasteiger partial charge in [-0.2, -0.15) is 0 Å². The van der Waals surface area contributed by atoms with Crippen molar-refractivity contribution >= 4 is 0 Å². The molecule has 2 nitrogen and oxygen atoms in total. The van der Waals surface area contributed by atoms with Crippen molar-refractivity contribution in [3.8, 4) is 0 Å². The Morgan fingerprint density at radius 2 is 1.41 bits per heavy atom. The molecule has 1 atom stereocenters. The summed E-state index contributed by atoms with van der Waals surface area (Å²) in [6.45, 7) is 19.2. The van der Waals surface area contributed by atoms with Crippen LogP contribution in [0.1, 0.15) is 67.9 Å². The lowest BCUT2D eigenvalue weighted by molar-refractivity contribution is -0.175. The van der Waals surface area contributed by atoms with E-state index in [4.69, 9.17) is 4.74 Å². The molecule has 0 saturated carbocycles. The van der Waals surface area contributed by atoms with E-state index in [9.17, 15) is 5.11 Å². The van der Waals surface area contributed by atoms with E-state index in [-0.39, 0.29) is 16.4 Å². The van der Waals surface area contributed by atoms with E-state index in [2.05, 4.69) is 53.7 Å². The zero-order valence-corrected chi connectivity index (χ0v) is 16.0. The quantitative estimate of drug-likeness (QED) is 0.758. The number of aliphatic hydroxyl groups is 1. The minimum atomic E-state index is -0.392. The van der Waals surface area contributed by atoms with E-state index in [1.165, 1.54) is 5.56 Å². The molecule has 1 aromatic carbocycles. The van der Waals surface area contributed by atoms with Gasteiger partial charge < -0.3 is 9.84 Å². The van der Waals surface area contributed by atoms with Crippen LogP contribution in [0.25, 0.3) is 0 Å². The summed E-state index contributed by atoms with van der Waals surface area (Å²) in [5, 5.41) is 10.1. The number of hydrogen-bond donors (Lipinski definition) is 1. The van der Waals surface area contributed by atoms with Crippen LogP contribution < -0.4 is 0 Å². The molecule has 1 unspecified atom stereocenters. The first-order chi connectivity index (χ1) is 10.0. The Morgan fingerprint density at radius 3 is 1.82 bits per heavy atom. The van der Waals surface area contributed by atoms with Crippen molar-refractivity contribution in [2.45, 2.75) is 80.6 Å². The van der Waals surface area contributed by atoms with Gasteiger partial charge in [-0.15, -0.1) is 0 Å². The highest BCUT2D eigenvalue weighted by atomic mass is 16.5. The molecule has 2 heteroatoms. The fourth-order valence-corrected chi connectivity index (χ4v) is 2.32. The zero-order valence-electron chi connectivity index (χ0n) is 16.0. The van der Waals surface area contributed by atoms with E-state index in [1.807, 2.05) is 39.0 Å². The van der Waals surface area contributed by atoms with E-state index in [1.54, 1.807) is 0 Å². The molecule has 0 spiro atoms. The van der Waals surface area contributed by atoms with Gasteiger partial charge in [-0.05, 0) is 31.7 Å². The van der Waals surface area contributed by atoms with Crippen LogP contribution in [0, 0.1) is 10.8 Å². The van der Waals surface area contributed by atoms with Crippen LogP contribution in [-0.4, -0.2) is 16.8 Å². The van der Waals surface area contributed by atoms with Gasteiger partial charge in [-0.25, -0.2) is 0 Å². The van der Waals surface area contributed by atoms with Gasteiger partial charge in [0.15, 0.2) is 0 Å². The van der Waals surface area contributed by atoms with Crippen LogP contribution >= 0.6 is 0 Å². The summed E-state index contributed by atoms with van der Waals surface area (Å²) in [7, 11) is 0. The lowest BCUT2D eigenvalue weighted by atomic mass is 9.58. The van der Waals surface area contributed by atoms with Gasteiger partial charge in [0.1, 0.15) is 0 Å². The van der Waals surface area contributed by atoms with Gasteiger partial charge in [0.2, 0.25) is 0 Å². The molecule has 0 fully saturated rings. The highest BCUT2D eigenvalue weighted by molar-refractivity contribution is 5.13. The molecular formula is C20H36O2. The van der Waals surface area contributed by atoms with Crippen molar-refractivity contribution in [2.24, 2.45) is 10.8 Å². The monoisotopic (exact) mass is 308 g/mol.